The summed E-state index contributed by atoms with van der Waals surface area (Å²) in [5.41, 5.74) is 1.23. The standard InChI is InChI=1S/C8H10BNO3/c1-13-9(12)7-3-2-4-8(5-7)10-6-11/h2-6,12H,1H3,(H,10,11). The molecule has 1 aromatic carbocycles. The molecule has 0 fully saturated rings. The van der Waals surface area contributed by atoms with Gasteiger partial charge < -0.3 is 15.0 Å². The van der Waals surface area contributed by atoms with E-state index in [1.165, 1.54) is 7.11 Å². The molecule has 0 aliphatic heterocycles. The highest BCUT2D eigenvalue weighted by atomic mass is 16.5. The van der Waals surface area contributed by atoms with Crippen LogP contribution in [0.4, 0.5) is 5.69 Å². The molecule has 0 atom stereocenters. The van der Waals surface area contributed by atoms with Crippen molar-refractivity contribution in [2.24, 2.45) is 0 Å². The Labute approximate surface area is 76.7 Å². The topological polar surface area (TPSA) is 58.6 Å². The average molecular weight is 179 g/mol. The molecule has 0 unspecified atom stereocenters. The molecule has 0 spiro atoms. The first-order valence-corrected chi connectivity index (χ1v) is 3.79. The van der Waals surface area contributed by atoms with Crippen molar-refractivity contribution in [3.63, 3.8) is 0 Å². The number of hydrogen-bond acceptors (Lipinski definition) is 3. The van der Waals surface area contributed by atoms with Crippen LogP contribution in [0.15, 0.2) is 24.3 Å². The van der Waals surface area contributed by atoms with Crippen LogP contribution in [0.5, 0.6) is 0 Å². The Morgan fingerprint density at radius 1 is 1.62 bits per heavy atom. The van der Waals surface area contributed by atoms with Gasteiger partial charge in [0.2, 0.25) is 6.41 Å². The maximum atomic E-state index is 10.1. The predicted octanol–water partition coefficient (Wildman–Crippen LogP) is -0.411. The second-order valence-corrected chi connectivity index (χ2v) is 2.48. The fourth-order valence-corrected chi connectivity index (χ4v) is 0.986. The average Bonchev–Trinajstić information content (AvgIpc) is 2.18. The molecular weight excluding hydrogens is 169 g/mol. The van der Waals surface area contributed by atoms with Gasteiger partial charge in [0.05, 0.1) is 0 Å². The summed E-state index contributed by atoms with van der Waals surface area (Å²) in [6.07, 6.45) is 0.582. The summed E-state index contributed by atoms with van der Waals surface area (Å²) >= 11 is 0. The number of hydrogen-bond donors (Lipinski definition) is 2. The lowest BCUT2D eigenvalue weighted by atomic mass is 9.79. The summed E-state index contributed by atoms with van der Waals surface area (Å²) in [6.45, 7) is 0. The summed E-state index contributed by atoms with van der Waals surface area (Å²) in [5, 5.41) is 11.8. The maximum absolute atomic E-state index is 10.1. The molecule has 0 saturated heterocycles. The molecule has 0 heterocycles. The fraction of sp³-hybridized carbons (Fsp3) is 0.125. The molecule has 5 heteroatoms. The number of anilines is 1. The van der Waals surface area contributed by atoms with Crippen molar-refractivity contribution in [2.75, 3.05) is 12.4 Å². The first-order valence-electron chi connectivity index (χ1n) is 3.79. The number of rotatable bonds is 4. The largest absolute Gasteiger partial charge is 0.491 e. The van der Waals surface area contributed by atoms with E-state index in [0.29, 0.717) is 17.6 Å². The Kier molecular flexibility index (Phi) is 3.48. The van der Waals surface area contributed by atoms with Crippen molar-refractivity contribution in [1.29, 1.82) is 0 Å². The molecule has 2 N–H and O–H groups in total. The van der Waals surface area contributed by atoms with Gasteiger partial charge in [-0.3, -0.25) is 4.79 Å². The number of amides is 1. The van der Waals surface area contributed by atoms with Crippen LogP contribution < -0.4 is 10.8 Å². The lowest BCUT2D eigenvalue weighted by Crippen LogP contribution is -2.32. The van der Waals surface area contributed by atoms with Crippen LogP contribution in [0.2, 0.25) is 0 Å². The molecule has 0 aliphatic rings. The van der Waals surface area contributed by atoms with Crippen LogP contribution in [0, 0.1) is 0 Å². The van der Waals surface area contributed by atoms with E-state index in [0.717, 1.165) is 0 Å². The summed E-state index contributed by atoms with van der Waals surface area (Å²) in [7, 11) is 0.457. The van der Waals surface area contributed by atoms with Gasteiger partial charge in [-0.05, 0) is 17.6 Å². The zero-order valence-corrected chi connectivity index (χ0v) is 7.23. The van der Waals surface area contributed by atoms with E-state index in [1.54, 1.807) is 24.3 Å². The van der Waals surface area contributed by atoms with Crippen molar-refractivity contribution >= 4 is 24.7 Å². The minimum atomic E-state index is -0.951. The van der Waals surface area contributed by atoms with Crippen LogP contribution in [-0.4, -0.2) is 25.7 Å². The molecular formula is C8H10BNO3. The third kappa shape index (κ3) is 2.57. The Morgan fingerprint density at radius 3 is 3.00 bits per heavy atom. The quantitative estimate of drug-likeness (QED) is 0.487. The monoisotopic (exact) mass is 179 g/mol. The summed E-state index contributed by atoms with van der Waals surface area (Å²) in [6, 6.07) is 6.80. The van der Waals surface area contributed by atoms with Crippen molar-refractivity contribution in [3.05, 3.63) is 24.3 Å². The highest BCUT2D eigenvalue weighted by Gasteiger charge is 2.13. The van der Waals surface area contributed by atoms with Crippen LogP contribution in [0.25, 0.3) is 0 Å². The van der Waals surface area contributed by atoms with E-state index in [-0.39, 0.29) is 0 Å². The van der Waals surface area contributed by atoms with Gasteiger partial charge in [-0.15, -0.1) is 0 Å². The van der Waals surface area contributed by atoms with E-state index < -0.39 is 7.12 Å². The minimum absolute atomic E-state index is 0.582. The van der Waals surface area contributed by atoms with Crippen LogP contribution in [0.3, 0.4) is 0 Å². The summed E-state index contributed by atoms with van der Waals surface area (Å²) in [4.78, 5) is 10.1. The van der Waals surface area contributed by atoms with Crippen LogP contribution >= 0.6 is 0 Å². The smallest absolute Gasteiger partial charge is 0.423 e. The molecule has 0 bridgehead atoms. The van der Waals surface area contributed by atoms with E-state index in [2.05, 4.69) is 5.32 Å². The minimum Gasteiger partial charge on any atom is -0.423 e. The second-order valence-electron chi connectivity index (χ2n) is 2.48. The van der Waals surface area contributed by atoms with E-state index in [4.69, 9.17) is 4.65 Å². The highest BCUT2D eigenvalue weighted by molar-refractivity contribution is 6.60. The van der Waals surface area contributed by atoms with Crippen molar-refractivity contribution < 1.29 is 14.5 Å². The first kappa shape index (κ1) is 9.76. The Morgan fingerprint density at radius 2 is 2.38 bits per heavy atom. The molecule has 0 radical (unpaired) electrons. The fourth-order valence-electron chi connectivity index (χ4n) is 0.986. The Bertz CT molecular complexity index is 292. The second kappa shape index (κ2) is 4.64. The summed E-state index contributed by atoms with van der Waals surface area (Å²) < 4.78 is 4.71. The predicted molar refractivity (Wildman–Crippen MR) is 50.7 cm³/mol. The van der Waals surface area contributed by atoms with E-state index in [1.807, 2.05) is 0 Å². The van der Waals surface area contributed by atoms with Gasteiger partial charge >= 0.3 is 7.12 Å². The first-order chi connectivity index (χ1) is 6.27. The zero-order valence-electron chi connectivity index (χ0n) is 7.23. The highest BCUT2D eigenvalue weighted by Crippen LogP contribution is 2.02. The summed E-state index contributed by atoms with van der Waals surface area (Å²) in [5.74, 6) is 0. The number of benzene rings is 1. The number of carbonyl (C=O) groups excluding carboxylic acids is 1. The van der Waals surface area contributed by atoms with Crippen molar-refractivity contribution in [3.8, 4) is 0 Å². The number of nitrogens with one attached hydrogen (secondary N) is 1. The van der Waals surface area contributed by atoms with Crippen molar-refractivity contribution in [2.45, 2.75) is 0 Å². The molecule has 1 amide bonds. The number of carbonyl (C=O) groups is 1. The molecule has 68 valence electrons. The van der Waals surface area contributed by atoms with Crippen molar-refractivity contribution in [1.82, 2.24) is 0 Å². The van der Waals surface area contributed by atoms with Gasteiger partial charge in [-0.2, -0.15) is 0 Å². The van der Waals surface area contributed by atoms with Gasteiger partial charge in [0.1, 0.15) is 0 Å². The third-order valence-corrected chi connectivity index (χ3v) is 1.62. The molecule has 4 nitrogen and oxygen atoms in total. The molecule has 0 aliphatic carbocycles. The van der Waals surface area contributed by atoms with E-state index >= 15 is 0 Å². The van der Waals surface area contributed by atoms with Gasteiger partial charge in [-0.25, -0.2) is 0 Å². The van der Waals surface area contributed by atoms with E-state index in [9.17, 15) is 9.82 Å². The normalized spacial score (nSPS) is 9.38. The molecule has 1 rings (SSSR count). The Balaban J connectivity index is 2.84. The molecule has 13 heavy (non-hydrogen) atoms. The van der Waals surface area contributed by atoms with Crippen LogP contribution in [-0.2, 0) is 9.45 Å². The SMILES string of the molecule is COB(O)c1cccc(NC=O)c1. The zero-order chi connectivity index (χ0) is 9.68. The molecule has 1 aromatic rings. The van der Waals surface area contributed by atoms with Crippen LogP contribution in [0.1, 0.15) is 0 Å². The third-order valence-electron chi connectivity index (χ3n) is 1.62. The lowest BCUT2D eigenvalue weighted by molar-refractivity contribution is -0.105. The molecule has 0 saturated carbocycles. The lowest BCUT2D eigenvalue weighted by Gasteiger charge is -2.05. The van der Waals surface area contributed by atoms with Gasteiger partial charge in [-0.1, -0.05) is 12.1 Å². The van der Waals surface area contributed by atoms with Gasteiger partial charge in [0.15, 0.2) is 0 Å². The van der Waals surface area contributed by atoms with Gasteiger partial charge in [0, 0.05) is 12.8 Å². The Hall–Kier alpha value is -1.33. The maximum Gasteiger partial charge on any atom is 0.491 e. The van der Waals surface area contributed by atoms with Gasteiger partial charge in [0.25, 0.3) is 0 Å². The molecule has 0 aromatic heterocycles.